The van der Waals surface area contributed by atoms with E-state index >= 15 is 4.79 Å². The summed E-state index contributed by atoms with van der Waals surface area (Å²) in [5.41, 5.74) is -7.25. The molecule has 63 heavy (non-hydrogen) atoms. The number of fused-ring (bicyclic) bond motifs is 5. The number of amides is 1. The molecule has 16 heteroatoms. The van der Waals surface area contributed by atoms with E-state index in [0.29, 0.717) is 5.56 Å². The number of hydrogen-bond acceptors (Lipinski definition) is 14. The molecular formula is C47H50ClNO14. The standard InChI is InChI=1S/C47H50ClNO14/c1-24-31(61-43(57)36(53)35(27-14-9-7-10-15-27)49-41(55)29-18-13-19-30(48)20-29)22-47(58)40(62-42(56)28-16-11-8-12-17-28)38-45(6,32(52)21-33-46(38,23-59-33)63-26(3)51)39(54)37(60-25(2)50)34(24)44(47,4)5/h7-20,31-33,35-38,40,52-53,58H,21-23H2,1-6H3,(H,49,55)/t31-,32-,33+,35+,36+,37+,38?,40-,45+,46-,47+/m0/s1. The molecule has 1 unspecified atom stereocenters. The van der Waals surface area contributed by atoms with E-state index < -0.39 is 113 Å². The van der Waals surface area contributed by atoms with Crippen LogP contribution in [0.3, 0.4) is 0 Å². The number of Topliss-reactive ketones (excluding diaryl/α,β-unsaturated/α-hetero) is 1. The molecule has 0 aromatic heterocycles. The zero-order chi connectivity index (χ0) is 45.8. The lowest BCUT2D eigenvalue weighted by molar-refractivity contribution is -0.346. The van der Waals surface area contributed by atoms with Crippen LogP contribution in [0.15, 0.2) is 96.1 Å². The highest BCUT2D eigenvalue weighted by Crippen LogP contribution is 2.64. The number of carbonyl (C=O) groups excluding carboxylic acids is 6. The maximum Gasteiger partial charge on any atom is 0.338 e. The highest BCUT2D eigenvalue weighted by Gasteiger charge is 2.78. The number of aliphatic hydroxyl groups excluding tert-OH is 2. The fourth-order valence-electron chi connectivity index (χ4n) is 10.2. The molecular weight excluding hydrogens is 838 g/mol. The maximum absolute atomic E-state index is 15.5. The van der Waals surface area contributed by atoms with Gasteiger partial charge in [-0.25, -0.2) is 9.59 Å². The van der Waals surface area contributed by atoms with Crippen LogP contribution in [0.5, 0.6) is 0 Å². The van der Waals surface area contributed by atoms with Crippen molar-refractivity contribution in [2.75, 3.05) is 6.61 Å². The van der Waals surface area contributed by atoms with Crippen LogP contribution in [0.2, 0.25) is 5.02 Å². The summed E-state index contributed by atoms with van der Waals surface area (Å²) in [5.74, 6) is -6.99. The molecule has 2 bridgehead atoms. The summed E-state index contributed by atoms with van der Waals surface area (Å²) in [6.07, 6.45) is -10.6. The SMILES string of the molecule is CC(=O)O[C@H]1C(=O)[C@@]2(C)C([C@H](OC(=O)c3ccccc3)[C@]3(O)C[C@H](OC(=O)[C@H](O)[C@H](NC(=O)c4cccc(Cl)c4)c4ccccc4)C(C)=C1C3(C)C)[C@]1(OC(C)=O)CO[C@@H]1C[C@@H]2O. The molecule has 1 aliphatic heterocycles. The minimum Gasteiger partial charge on any atom is -0.456 e. The van der Waals surface area contributed by atoms with Gasteiger partial charge >= 0.3 is 23.9 Å². The molecule has 0 spiro atoms. The molecule has 1 amide bonds. The minimum absolute atomic E-state index is 0.0150. The number of esters is 4. The van der Waals surface area contributed by atoms with Gasteiger partial charge in [-0.2, -0.15) is 0 Å². The number of ether oxygens (including phenoxy) is 5. The smallest absolute Gasteiger partial charge is 0.338 e. The number of halogens is 1. The second-order valence-corrected chi connectivity index (χ2v) is 17.9. The van der Waals surface area contributed by atoms with Gasteiger partial charge in [-0.1, -0.05) is 80.0 Å². The Labute approximate surface area is 368 Å². The Morgan fingerprint density at radius 2 is 1.51 bits per heavy atom. The predicted octanol–water partition coefficient (Wildman–Crippen LogP) is 4.39. The van der Waals surface area contributed by atoms with E-state index in [4.69, 9.17) is 35.3 Å². The molecule has 7 rings (SSSR count). The van der Waals surface area contributed by atoms with Gasteiger partial charge in [-0.15, -0.1) is 0 Å². The zero-order valence-corrected chi connectivity index (χ0v) is 36.3. The lowest BCUT2D eigenvalue weighted by atomic mass is 9.44. The van der Waals surface area contributed by atoms with Gasteiger partial charge in [0.1, 0.15) is 23.9 Å². The monoisotopic (exact) mass is 887 g/mol. The van der Waals surface area contributed by atoms with E-state index in [2.05, 4.69) is 5.32 Å². The number of carbonyl (C=O) groups is 6. The molecule has 0 radical (unpaired) electrons. The van der Waals surface area contributed by atoms with Gasteiger partial charge in [0.25, 0.3) is 5.91 Å². The number of ketones is 1. The fourth-order valence-corrected chi connectivity index (χ4v) is 10.4. The average Bonchev–Trinajstić information content (AvgIpc) is 3.23. The van der Waals surface area contributed by atoms with Crippen molar-refractivity contribution in [3.63, 3.8) is 0 Å². The number of aliphatic hydroxyl groups is 3. The fraction of sp³-hybridized carbons (Fsp3) is 0.447. The van der Waals surface area contributed by atoms with Gasteiger partial charge in [0, 0.05) is 42.7 Å². The van der Waals surface area contributed by atoms with Crippen LogP contribution in [-0.4, -0.2) is 105 Å². The van der Waals surface area contributed by atoms with Crippen molar-refractivity contribution < 1.29 is 67.8 Å². The van der Waals surface area contributed by atoms with Crippen molar-refractivity contribution in [3.05, 3.63) is 118 Å². The molecule has 4 aliphatic rings. The summed E-state index contributed by atoms with van der Waals surface area (Å²) in [5, 5.41) is 40.5. The Morgan fingerprint density at radius 3 is 2.10 bits per heavy atom. The summed E-state index contributed by atoms with van der Waals surface area (Å²) < 4.78 is 30.3. The Hall–Kier alpha value is -5.45. The van der Waals surface area contributed by atoms with Gasteiger partial charge < -0.3 is 44.3 Å². The Bertz CT molecular complexity index is 2350. The third-order valence-corrected chi connectivity index (χ3v) is 13.8. The normalized spacial score (nSPS) is 31.6. The predicted molar refractivity (Wildman–Crippen MR) is 223 cm³/mol. The van der Waals surface area contributed by atoms with E-state index in [1.807, 2.05) is 0 Å². The number of rotatable bonds is 10. The van der Waals surface area contributed by atoms with Crippen LogP contribution in [-0.2, 0) is 42.9 Å². The van der Waals surface area contributed by atoms with Crippen LogP contribution in [0, 0.1) is 16.7 Å². The number of nitrogens with one attached hydrogen (secondary N) is 1. The van der Waals surface area contributed by atoms with Gasteiger partial charge in [-0.05, 0) is 60.9 Å². The second kappa shape index (κ2) is 16.9. The first-order valence-corrected chi connectivity index (χ1v) is 21.0. The van der Waals surface area contributed by atoms with E-state index in [-0.39, 0.29) is 40.3 Å². The largest absolute Gasteiger partial charge is 0.456 e. The van der Waals surface area contributed by atoms with Crippen molar-refractivity contribution in [1.82, 2.24) is 5.32 Å². The third-order valence-electron chi connectivity index (χ3n) is 13.5. The van der Waals surface area contributed by atoms with Crippen LogP contribution >= 0.6 is 11.6 Å². The summed E-state index contributed by atoms with van der Waals surface area (Å²) in [7, 11) is 0. The average molecular weight is 888 g/mol. The lowest BCUT2D eigenvalue weighted by Gasteiger charge is -2.67. The minimum atomic E-state index is -2.41. The summed E-state index contributed by atoms with van der Waals surface area (Å²) in [6.45, 7) is 7.92. The molecule has 3 aliphatic carbocycles. The van der Waals surface area contributed by atoms with Crippen molar-refractivity contribution in [2.45, 2.75) is 108 Å². The van der Waals surface area contributed by atoms with Crippen molar-refractivity contribution in [2.24, 2.45) is 16.7 Å². The van der Waals surface area contributed by atoms with Gasteiger partial charge in [-0.3, -0.25) is 19.2 Å². The second-order valence-electron chi connectivity index (χ2n) is 17.5. The quantitative estimate of drug-likeness (QED) is 0.126. The molecule has 2 saturated carbocycles. The van der Waals surface area contributed by atoms with Crippen LogP contribution in [0.4, 0.5) is 0 Å². The third kappa shape index (κ3) is 7.73. The molecule has 3 aromatic carbocycles. The molecule has 3 fully saturated rings. The maximum atomic E-state index is 15.5. The topological polar surface area (TPSA) is 221 Å². The Balaban J connectivity index is 1.38. The molecule has 3 aromatic rings. The highest BCUT2D eigenvalue weighted by atomic mass is 35.5. The van der Waals surface area contributed by atoms with Crippen LogP contribution < -0.4 is 5.32 Å². The van der Waals surface area contributed by atoms with Crippen molar-refractivity contribution >= 4 is 47.2 Å². The molecule has 11 atom stereocenters. The van der Waals surface area contributed by atoms with Crippen LogP contribution in [0.25, 0.3) is 0 Å². The number of benzene rings is 3. The first kappa shape index (κ1) is 45.6. The highest BCUT2D eigenvalue weighted by molar-refractivity contribution is 6.31. The van der Waals surface area contributed by atoms with E-state index in [0.717, 1.165) is 13.8 Å². The lowest BCUT2D eigenvalue weighted by Crippen LogP contribution is -2.82. The Morgan fingerprint density at radius 1 is 0.873 bits per heavy atom. The summed E-state index contributed by atoms with van der Waals surface area (Å²) >= 11 is 6.14. The van der Waals surface area contributed by atoms with E-state index in [1.54, 1.807) is 74.5 Å². The van der Waals surface area contributed by atoms with Crippen molar-refractivity contribution in [3.8, 4) is 0 Å². The van der Waals surface area contributed by atoms with Gasteiger partial charge in [0.05, 0.1) is 35.6 Å². The van der Waals surface area contributed by atoms with E-state index in [1.165, 1.54) is 38.1 Å². The van der Waals surface area contributed by atoms with Crippen LogP contribution in [0.1, 0.15) is 86.7 Å². The summed E-state index contributed by atoms with van der Waals surface area (Å²) in [6, 6.07) is 20.7. The molecule has 1 heterocycles. The first-order valence-electron chi connectivity index (χ1n) is 20.6. The number of hydrogen-bond donors (Lipinski definition) is 4. The van der Waals surface area contributed by atoms with Crippen molar-refractivity contribution in [1.29, 1.82) is 0 Å². The van der Waals surface area contributed by atoms with Gasteiger partial charge in [0.15, 0.2) is 23.6 Å². The molecule has 15 nitrogen and oxygen atoms in total. The first-order chi connectivity index (χ1) is 29.7. The Kier molecular flexibility index (Phi) is 12.2. The molecule has 1 saturated heterocycles. The van der Waals surface area contributed by atoms with Gasteiger partial charge in [0.2, 0.25) is 0 Å². The molecule has 4 N–H and O–H groups in total. The zero-order valence-electron chi connectivity index (χ0n) is 35.5. The van der Waals surface area contributed by atoms with E-state index in [9.17, 15) is 39.3 Å². The summed E-state index contributed by atoms with van der Waals surface area (Å²) in [4.78, 5) is 83.6. The molecule has 334 valence electrons.